The third-order valence-electron chi connectivity index (χ3n) is 6.04. The SMILES string of the molecule is CN(CC(=O)CN)C(=O)N[C@H]1C[C@@H]2c3cccc4[nH]cc(c34)C[C@H]2N(C)C1. The van der Waals surface area contributed by atoms with Gasteiger partial charge in [-0.2, -0.15) is 0 Å². The van der Waals surface area contributed by atoms with Gasteiger partial charge in [0.1, 0.15) is 0 Å². The van der Waals surface area contributed by atoms with Crippen LogP contribution in [0.25, 0.3) is 10.9 Å². The largest absolute Gasteiger partial charge is 0.361 e. The fourth-order valence-corrected chi connectivity index (χ4v) is 4.73. The average molecular weight is 369 g/mol. The first-order valence-electron chi connectivity index (χ1n) is 9.50. The van der Waals surface area contributed by atoms with Gasteiger partial charge in [-0.15, -0.1) is 0 Å². The van der Waals surface area contributed by atoms with E-state index in [4.69, 9.17) is 5.73 Å². The summed E-state index contributed by atoms with van der Waals surface area (Å²) in [7, 11) is 3.76. The van der Waals surface area contributed by atoms with Crippen molar-refractivity contribution >= 4 is 22.7 Å². The Labute approximate surface area is 158 Å². The monoisotopic (exact) mass is 369 g/mol. The number of rotatable bonds is 4. The number of H-pyrrole nitrogens is 1. The number of amides is 2. The number of carbonyl (C=O) groups is 2. The molecule has 2 aliphatic rings. The number of likely N-dealkylation sites (N-methyl/N-ethyl adjacent to an activating group) is 2. The van der Waals surface area contributed by atoms with Gasteiger partial charge in [0, 0.05) is 48.7 Å². The van der Waals surface area contributed by atoms with Gasteiger partial charge in [-0.1, -0.05) is 12.1 Å². The van der Waals surface area contributed by atoms with Crippen LogP contribution in [-0.2, 0) is 11.2 Å². The number of hydrogen-bond acceptors (Lipinski definition) is 4. The van der Waals surface area contributed by atoms with Crippen LogP contribution in [-0.4, -0.2) is 72.4 Å². The van der Waals surface area contributed by atoms with Crippen molar-refractivity contribution in [1.29, 1.82) is 0 Å². The van der Waals surface area contributed by atoms with E-state index in [-0.39, 0.29) is 30.9 Å². The number of ketones is 1. The molecule has 0 saturated carbocycles. The highest BCUT2D eigenvalue weighted by molar-refractivity contribution is 5.88. The lowest BCUT2D eigenvalue weighted by molar-refractivity contribution is -0.118. The van der Waals surface area contributed by atoms with Crippen LogP contribution in [0.3, 0.4) is 0 Å². The van der Waals surface area contributed by atoms with E-state index in [1.54, 1.807) is 7.05 Å². The van der Waals surface area contributed by atoms with Gasteiger partial charge >= 0.3 is 6.03 Å². The minimum atomic E-state index is -0.218. The van der Waals surface area contributed by atoms with Gasteiger partial charge in [-0.05, 0) is 37.1 Å². The van der Waals surface area contributed by atoms with Gasteiger partial charge in [0.2, 0.25) is 0 Å². The second-order valence-corrected chi connectivity index (χ2v) is 7.88. The maximum Gasteiger partial charge on any atom is 0.317 e. The summed E-state index contributed by atoms with van der Waals surface area (Å²) in [6, 6.07) is 6.73. The molecular formula is C20H27N5O2. The molecule has 0 bridgehead atoms. The second-order valence-electron chi connectivity index (χ2n) is 7.88. The number of Topliss-reactive ketones (excluding diaryl/α,β-unsaturated/α-hetero) is 1. The molecule has 1 aromatic carbocycles. The van der Waals surface area contributed by atoms with Crippen molar-refractivity contribution in [3.8, 4) is 0 Å². The van der Waals surface area contributed by atoms with E-state index in [1.165, 1.54) is 26.9 Å². The number of nitrogens with one attached hydrogen (secondary N) is 2. The van der Waals surface area contributed by atoms with E-state index in [1.807, 2.05) is 0 Å². The Bertz CT molecular complexity index is 876. The van der Waals surface area contributed by atoms with Crippen LogP contribution < -0.4 is 11.1 Å². The lowest BCUT2D eigenvalue weighted by Crippen LogP contribution is -2.56. The van der Waals surface area contributed by atoms with E-state index in [0.29, 0.717) is 12.0 Å². The summed E-state index contributed by atoms with van der Waals surface area (Å²) in [5.41, 5.74) is 9.29. The summed E-state index contributed by atoms with van der Waals surface area (Å²) in [6.07, 6.45) is 4.07. The normalized spacial score (nSPS) is 24.5. The Morgan fingerprint density at radius 1 is 1.41 bits per heavy atom. The topological polar surface area (TPSA) is 94.5 Å². The molecule has 2 heterocycles. The van der Waals surface area contributed by atoms with Crippen molar-refractivity contribution in [3.05, 3.63) is 35.5 Å². The lowest BCUT2D eigenvalue weighted by atomic mass is 9.74. The molecule has 0 radical (unpaired) electrons. The molecule has 27 heavy (non-hydrogen) atoms. The van der Waals surface area contributed by atoms with Crippen LogP contribution in [0.4, 0.5) is 4.79 Å². The number of nitrogens with zero attached hydrogens (tertiary/aromatic N) is 2. The number of piperidine rings is 1. The Balaban J connectivity index is 1.52. The van der Waals surface area contributed by atoms with Crippen LogP contribution in [0.1, 0.15) is 23.5 Å². The predicted molar refractivity (Wildman–Crippen MR) is 105 cm³/mol. The number of nitrogens with two attached hydrogens (primary N) is 1. The van der Waals surface area contributed by atoms with Crippen LogP contribution >= 0.6 is 0 Å². The van der Waals surface area contributed by atoms with Gasteiger partial charge in [-0.25, -0.2) is 4.79 Å². The van der Waals surface area contributed by atoms with Crippen LogP contribution in [0.5, 0.6) is 0 Å². The van der Waals surface area contributed by atoms with Crippen molar-refractivity contribution in [1.82, 2.24) is 20.1 Å². The van der Waals surface area contributed by atoms with Gasteiger partial charge < -0.3 is 25.8 Å². The van der Waals surface area contributed by atoms with Crippen LogP contribution in [0, 0.1) is 0 Å². The van der Waals surface area contributed by atoms with E-state index in [0.717, 1.165) is 19.4 Å². The third-order valence-corrected chi connectivity index (χ3v) is 6.04. The van der Waals surface area contributed by atoms with Crippen molar-refractivity contribution in [2.45, 2.75) is 30.8 Å². The van der Waals surface area contributed by atoms with Crippen LogP contribution in [0.15, 0.2) is 24.4 Å². The summed E-state index contributed by atoms with van der Waals surface area (Å²) < 4.78 is 0. The van der Waals surface area contributed by atoms with Gasteiger partial charge in [-0.3, -0.25) is 4.79 Å². The summed E-state index contributed by atoms with van der Waals surface area (Å²) >= 11 is 0. The molecule has 0 spiro atoms. The quantitative estimate of drug-likeness (QED) is 0.751. The highest BCUT2D eigenvalue weighted by Crippen LogP contribution is 2.42. The Hall–Kier alpha value is -2.38. The zero-order valence-electron chi connectivity index (χ0n) is 15.9. The second kappa shape index (κ2) is 6.98. The van der Waals surface area contributed by atoms with E-state index >= 15 is 0 Å². The molecule has 2 aromatic rings. The number of benzene rings is 1. The van der Waals surface area contributed by atoms with E-state index < -0.39 is 0 Å². The molecule has 1 saturated heterocycles. The van der Waals surface area contributed by atoms with Crippen molar-refractivity contribution in [3.63, 3.8) is 0 Å². The number of aromatic nitrogens is 1. The standard InChI is InChI=1S/C20H27N5O2/c1-24-10-13(23-20(27)25(2)11-14(26)8-21)7-16-15-4-3-5-17-19(15)12(9-22-17)6-18(16)24/h3-5,9,13,16,18,22H,6-8,10-11,21H2,1-2H3,(H,23,27)/t13-,16+,18+/m0/s1. The molecule has 7 nitrogen and oxygen atoms in total. The molecule has 1 aliphatic carbocycles. The molecule has 1 fully saturated rings. The lowest BCUT2D eigenvalue weighted by Gasteiger charge is -2.45. The van der Waals surface area contributed by atoms with Gasteiger partial charge in [0.05, 0.1) is 13.1 Å². The molecule has 144 valence electrons. The molecule has 0 unspecified atom stereocenters. The molecule has 4 N–H and O–H groups in total. The van der Waals surface area contributed by atoms with Crippen molar-refractivity contribution in [2.24, 2.45) is 5.73 Å². The molecule has 3 atom stereocenters. The third kappa shape index (κ3) is 3.21. The first kappa shape index (κ1) is 18.0. The van der Waals surface area contributed by atoms with E-state index in [2.05, 4.69) is 46.6 Å². The molecule has 1 aromatic heterocycles. The number of hydrogen-bond donors (Lipinski definition) is 3. The first-order valence-corrected chi connectivity index (χ1v) is 9.50. The number of likely N-dealkylation sites (tertiary alicyclic amines) is 1. The maximum atomic E-state index is 12.5. The van der Waals surface area contributed by atoms with Gasteiger partial charge in [0.15, 0.2) is 5.78 Å². The Morgan fingerprint density at radius 3 is 3.00 bits per heavy atom. The molecule has 1 aliphatic heterocycles. The van der Waals surface area contributed by atoms with Crippen molar-refractivity contribution < 1.29 is 9.59 Å². The van der Waals surface area contributed by atoms with E-state index in [9.17, 15) is 9.59 Å². The molecular weight excluding hydrogens is 342 g/mol. The number of urea groups is 1. The summed E-state index contributed by atoms with van der Waals surface area (Å²) in [5.74, 6) is 0.240. The number of aromatic amines is 1. The zero-order chi connectivity index (χ0) is 19.1. The summed E-state index contributed by atoms with van der Waals surface area (Å²) in [5, 5.41) is 4.46. The molecule has 7 heteroatoms. The predicted octanol–water partition coefficient (Wildman–Crippen LogP) is 1.05. The first-order chi connectivity index (χ1) is 13.0. The average Bonchev–Trinajstić information content (AvgIpc) is 3.07. The Kier molecular flexibility index (Phi) is 4.65. The number of fused-ring (bicyclic) bond motifs is 2. The highest BCUT2D eigenvalue weighted by Gasteiger charge is 2.39. The minimum absolute atomic E-state index is 0.0446. The fourth-order valence-electron chi connectivity index (χ4n) is 4.73. The molecule has 4 rings (SSSR count). The zero-order valence-corrected chi connectivity index (χ0v) is 15.9. The minimum Gasteiger partial charge on any atom is -0.361 e. The smallest absolute Gasteiger partial charge is 0.317 e. The number of carbonyl (C=O) groups excluding carboxylic acids is 2. The summed E-state index contributed by atoms with van der Waals surface area (Å²) in [4.78, 5) is 31.1. The fraction of sp³-hybridized carbons (Fsp3) is 0.500. The van der Waals surface area contributed by atoms with Gasteiger partial charge in [0.25, 0.3) is 0 Å². The summed E-state index contributed by atoms with van der Waals surface area (Å²) in [6.45, 7) is 0.806. The van der Waals surface area contributed by atoms with Crippen molar-refractivity contribution in [2.75, 3.05) is 33.7 Å². The Morgan fingerprint density at radius 2 is 2.22 bits per heavy atom. The van der Waals surface area contributed by atoms with Crippen LogP contribution in [0.2, 0.25) is 0 Å². The maximum absolute atomic E-state index is 12.5. The highest BCUT2D eigenvalue weighted by atomic mass is 16.2. The molecule has 2 amide bonds.